The van der Waals surface area contributed by atoms with Gasteiger partial charge >= 0.3 is 5.97 Å². The number of phenols is 1. The number of allylic oxidation sites excluding steroid dienone is 1. The van der Waals surface area contributed by atoms with Crippen LogP contribution in [0.4, 0.5) is 0 Å². The van der Waals surface area contributed by atoms with Gasteiger partial charge in [0.05, 0.1) is 43.7 Å². The third kappa shape index (κ3) is 4.35. The summed E-state index contributed by atoms with van der Waals surface area (Å²) in [5.74, 6) is 0.633. The lowest BCUT2D eigenvalue weighted by molar-refractivity contribution is -0.139. The zero-order valence-electron chi connectivity index (χ0n) is 20.5. The van der Waals surface area contributed by atoms with Gasteiger partial charge < -0.3 is 24.1 Å². The van der Waals surface area contributed by atoms with E-state index in [1.165, 1.54) is 25.9 Å². The molecular formula is C26H26N2O7S. The van der Waals surface area contributed by atoms with Crippen LogP contribution in [0, 0.1) is 0 Å². The first-order chi connectivity index (χ1) is 17.3. The first kappa shape index (κ1) is 25.1. The van der Waals surface area contributed by atoms with Crippen LogP contribution in [0.15, 0.2) is 57.5 Å². The highest BCUT2D eigenvalue weighted by Gasteiger charge is 2.35. The molecule has 0 aliphatic carbocycles. The van der Waals surface area contributed by atoms with Crippen molar-refractivity contribution < 1.29 is 28.8 Å². The molecule has 0 bridgehead atoms. The molecule has 9 nitrogen and oxygen atoms in total. The van der Waals surface area contributed by atoms with Gasteiger partial charge in [0, 0.05) is 11.1 Å². The average molecular weight is 511 g/mol. The van der Waals surface area contributed by atoms with Crippen molar-refractivity contribution in [3.8, 4) is 23.0 Å². The summed E-state index contributed by atoms with van der Waals surface area (Å²) in [6, 6.07) is 9.33. The van der Waals surface area contributed by atoms with Crippen molar-refractivity contribution in [2.75, 3.05) is 27.9 Å². The second-order valence-electron chi connectivity index (χ2n) is 7.81. The number of aromatic nitrogens is 1. The minimum atomic E-state index is -0.869. The van der Waals surface area contributed by atoms with Crippen molar-refractivity contribution >= 4 is 23.4 Å². The predicted molar refractivity (Wildman–Crippen MR) is 135 cm³/mol. The molecular weight excluding hydrogens is 484 g/mol. The molecule has 1 aliphatic rings. The third-order valence-electron chi connectivity index (χ3n) is 5.79. The summed E-state index contributed by atoms with van der Waals surface area (Å²) < 4.78 is 23.3. The summed E-state index contributed by atoms with van der Waals surface area (Å²) in [5.41, 5.74) is 1.24. The summed E-state index contributed by atoms with van der Waals surface area (Å²) in [6.45, 7) is 3.58. The van der Waals surface area contributed by atoms with Gasteiger partial charge in [0.15, 0.2) is 16.3 Å². The molecule has 0 radical (unpaired) electrons. The fraction of sp³-hybridized carbons (Fsp3) is 0.269. The van der Waals surface area contributed by atoms with Crippen LogP contribution < -0.4 is 29.1 Å². The topological polar surface area (TPSA) is 109 Å². The van der Waals surface area contributed by atoms with Gasteiger partial charge in [-0.15, -0.1) is 0 Å². The molecule has 4 rings (SSSR count). The zero-order chi connectivity index (χ0) is 26.0. The van der Waals surface area contributed by atoms with Crippen molar-refractivity contribution in [2.45, 2.75) is 19.9 Å². The van der Waals surface area contributed by atoms with E-state index in [1.807, 2.05) is 0 Å². The summed E-state index contributed by atoms with van der Waals surface area (Å²) >= 11 is 1.15. The summed E-state index contributed by atoms with van der Waals surface area (Å²) in [5, 5.41) is 10.5. The number of carbonyl (C=O) groups excluding carboxylic acids is 1. The maximum atomic E-state index is 13.8. The summed E-state index contributed by atoms with van der Waals surface area (Å²) in [4.78, 5) is 31.8. The number of methoxy groups -OCH3 is 3. The Morgan fingerprint density at radius 1 is 1.14 bits per heavy atom. The Morgan fingerprint density at radius 2 is 1.89 bits per heavy atom. The van der Waals surface area contributed by atoms with Crippen LogP contribution >= 0.6 is 11.3 Å². The largest absolute Gasteiger partial charge is 0.504 e. The van der Waals surface area contributed by atoms with E-state index in [0.717, 1.165) is 11.3 Å². The molecule has 0 unspecified atom stereocenters. The fourth-order valence-corrected chi connectivity index (χ4v) is 5.14. The quantitative estimate of drug-likeness (QED) is 0.487. The standard InChI is InChI=1S/C26H26N2O7S/c1-6-35-25(31)21-14(2)27-26-28(22(21)17-13-16(32-3)10-11-18(17)33-4)24(30)20(36-26)12-15-8-7-9-19(34-5)23(15)29/h7-13,22,29H,6H2,1-5H3/b20-12-/t22-/m0/s1. The van der Waals surface area contributed by atoms with E-state index in [4.69, 9.17) is 18.9 Å². The lowest BCUT2D eigenvalue weighted by atomic mass is 9.94. The number of esters is 1. The third-order valence-corrected chi connectivity index (χ3v) is 6.77. The number of para-hydroxylation sites is 1. The van der Waals surface area contributed by atoms with Gasteiger partial charge in [-0.2, -0.15) is 0 Å². The van der Waals surface area contributed by atoms with Crippen molar-refractivity contribution in [1.82, 2.24) is 4.57 Å². The molecule has 2 heterocycles. The Bertz CT molecular complexity index is 1530. The number of aromatic hydroxyl groups is 1. The Balaban J connectivity index is 2.02. The van der Waals surface area contributed by atoms with Crippen LogP contribution in [-0.2, 0) is 9.53 Å². The van der Waals surface area contributed by atoms with E-state index < -0.39 is 12.0 Å². The van der Waals surface area contributed by atoms with Crippen LogP contribution in [-0.4, -0.2) is 43.6 Å². The van der Waals surface area contributed by atoms with E-state index in [9.17, 15) is 14.7 Å². The lowest BCUT2D eigenvalue weighted by Crippen LogP contribution is -2.40. The molecule has 36 heavy (non-hydrogen) atoms. The molecule has 10 heteroatoms. The average Bonchev–Trinajstić information content (AvgIpc) is 3.18. The van der Waals surface area contributed by atoms with Gasteiger partial charge in [-0.1, -0.05) is 23.5 Å². The number of rotatable bonds is 7. The number of phenolic OH excluding ortho intramolecular Hbond substituents is 1. The highest BCUT2D eigenvalue weighted by Crippen LogP contribution is 2.38. The minimum absolute atomic E-state index is 0.0831. The number of thiazole rings is 1. The highest BCUT2D eigenvalue weighted by molar-refractivity contribution is 7.07. The zero-order valence-corrected chi connectivity index (χ0v) is 21.3. The van der Waals surface area contributed by atoms with Crippen molar-refractivity contribution in [3.63, 3.8) is 0 Å². The van der Waals surface area contributed by atoms with Gasteiger partial charge in [0.25, 0.3) is 5.56 Å². The van der Waals surface area contributed by atoms with E-state index >= 15 is 0 Å². The Labute approximate surface area is 211 Å². The maximum Gasteiger partial charge on any atom is 0.338 e. The number of fused-ring (bicyclic) bond motifs is 1. The van der Waals surface area contributed by atoms with E-state index in [0.29, 0.717) is 37.7 Å². The Hall–Kier alpha value is -4.05. The minimum Gasteiger partial charge on any atom is -0.504 e. The van der Waals surface area contributed by atoms with E-state index in [2.05, 4.69) is 4.99 Å². The molecule has 1 aliphatic heterocycles. The molecule has 1 N–H and O–H groups in total. The number of ether oxygens (including phenoxy) is 4. The molecule has 0 spiro atoms. The molecule has 188 valence electrons. The van der Waals surface area contributed by atoms with Crippen LogP contribution in [0.25, 0.3) is 6.08 Å². The van der Waals surface area contributed by atoms with Gasteiger partial charge in [-0.05, 0) is 44.2 Å². The summed E-state index contributed by atoms with van der Waals surface area (Å²) in [6.07, 6.45) is 1.57. The number of hydrogen-bond donors (Lipinski definition) is 1. The van der Waals surface area contributed by atoms with Gasteiger partial charge in [-0.25, -0.2) is 9.79 Å². The molecule has 0 amide bonds. The first-order valence-corrected chi connectivity index (χ1v) is 11.9. The maximum absolute atomic E-state index is 13.8. The van der Waals surface area contributed by atoms with E-state index in [1.54, 1.807) is 56.3 Å². The number of carbonyl (C=O) groups is 1. The fourth-order valence-electron chi connectivity index (χ4n) is 4.10. The van der Waals surface area contributed by atoms with E-state index in [-0.39, 0.29) is 29.2 Å². The molecule has 0 fully saturated rings. The predicted octanol–water partition coefficient (Wildman–Crippen LogP) is 2.53. The molecule has 3 aromatic rings. The molecule has 1 atom stereocenters. The lowest BCUT2D eigenvalue weighted by Gasteiger charge is -2.26. The van der Waals surface area contributed by atoms with Crippen LogP contribution in [0.1, 0.15) is 31.0 Å². The number of nitrogens with zero attached hydrogens (tertiary/aromatic N) is 2. The van der Waals surface area contributed by atoms with Crippen molar-refractivity contribution in [3.05, 3.63) is 78.5 Å². The Kier molecular flexibility index (Phi) is 7.16. The second-order valence-corrected chi connectivity index (χ2v) is 8.82. The highest BCUT2D eigenvalue weighted by atomic mass is 32.1. The molecule has 1 aromatic heterocycles. The van der Waals surface area contributed by atoms with Crippen LogP contribution in [0.3, 0.4) is 0 Å². The number of benzene rings is 2. The van der Waals surface area contributed by atoms with Crippen molar-refractivity contribution in [1.29, 1.82) is 0 Å². The second kappa shape index (κ2) is 10.3. The smallest absolute Gasteiger partial charge is 0.338 e. The SMILES string of the molecule is CCOC(=O)C1=C(C)N=c2s/c(=C\c3cccc(OC)c3O)c(=O)n2[C@H]1c1cc(OC)ccc1OC. The van der Waals surface area contributed by atoms with Gasteiger partial charge in [0.2, 0.25) is 0 Å². The van der Waals surface area contributed by atoms with Gasteiger partial charge in [0.1, 0.15) is 17.5 Å². The van der Waals surface area contributed by atoms with Crippen LogP contribution in [0.2, 0.25) is 0 Å². The monoisotopic (exact) mass is 510 g/mol. The van der Waals surface area contributed by atoms with Gasteiger partial charge in [-0.3, -0.25) is 9.36 Å². The normalized spacial score (nSPS) is 15.2. The first-order valence-electron chi connectivity index (χ1n) is 11.1. The van der Waals surface area contributed by atoms with Crippen LogP contribution in [0.5, 0.6) is 23.0 Å². The molecule has 2 aromatic carbocycles. The van der Waals surface area contributed by atoms with Crippen molar-refractivity contribution in [2.24, 2.45) is 4.99 Å². The molecule has 0 saturated heterocycles. The number of hydrogen-bond acceptors (Lipinski definition) is 9. The summed E-state index contributed by atoms with van der Waals surface area (Å²) in [7, 11) is 4.50. The Morgan fingerprint density at radius 3 is 2.56 bits per heavy atom. The molecule has 0 saturated carbocycles.